The van der Waals surface area contributed by atoms with Crippen molar-refractivity contribution >= 4 is 31.9 Å². The second kappa shape index (κ2) is 21.5. The van der Waals surface area contributed by atoms with Gasteiger partial charge in [0.15, 0.2) is 26.0 Å². The average molecular weight is 860 g/mol. The summed E-state index contributed by atoms with van der Waals surface area (Å²) in [6, 6.07) is 11.3. The number of rotatable bonds is 15. The van der Waals surface area contributed by atoms with Crippen molar-refractivity contribution in [2.45, 2.75) is 168 Å². The highest BCUT2D eigenvalue weighted by molar-refractivity contribution is 6.73. The maximum atomic E-state index is 14.8. The molecule has 4 rings (SSSR count). The van der Waals surface area contributed by atoms with Crippen molar-refractivity contribution in [3.8, 4) is 0 Å². The third kappa shape index (κ3) is 11.8. The minimum absolute atomic E-state index is 0.00521. The van der Waals surface area contributed by atoms with Gasteiger partial charge in [0.05, 0.1) is 24.2 Å². The molecule has 0 radical (unpaired) electrons. The van der Waals surface area contributed by atoms with Gasteiger partial charge in [-0.05, 0) is 82.1 Å². The Morgan fingerprint density at radius 3 is 2.28 bits per heavy atom. The van der Waals surface area contributed by atoms with E-state index < -0.39 is 73.4 Å². The normalized spacial score (nSPS) is 35.6. The predicted octanol–water partition coefficient (Wildman–Crippen LogP) is 7.24. The molecule has 60 heavy (non-hydrogen) atoms. The summed E-state index contributed by atoms with van der Waals surface area (Å²) in [6.45, 7) is 20.8. The smallest absolute Gasteiger partial charge is 0.317 e. The number of ketones is 1. The van der Waals surface area contributed by atoms with Crippen LogP contribution >= 0.6 is 0 Å². The Hall–Kier alpha value is -2.88. The van der Waals surface area contributed by atoms with Gasteiger partial charge in [-0.2, -0.15) is 0 Å². The van der Waals surface area contributed by atoms with E-state index in [0.717, 1.165) is 30.6 Å². The monoisotopic (exact) mass is 860 g/mol. The number of hydrogen-bond donors (Lipinski definition) is 2. The quantitative estimate of drug-likeness (QED) is 0.0598. The van der Waals surface area contributed by atoms with Crippen LogP contribution in [0.3, 0.4) is 0 Å². The van der Waals surface area contributed by atoms with Crippen molar-refractivity contribution in [2.75, 3.05) is 27.3 Å². The summed E-state index contributed by atoms with van der Waals surface area (Å²) in [7, 11) is 1.44. The SMILES string of the molecule is CCC1OC(=O)C(C)CC(C)CC(COC2CC(N(C)CC(C)[Si](O)(CC)CC)CC(C)O2)(OC)CC(C)C(=O)C(C)C2C(C(N)=NOCc3ccccc3)C(=O)OC12C. The van der Waals surface area contributed by atoms with Crippen molar-refractivity contribution in [3.05, 3.63) is 35.9 Å². The molecule has 0 spiro atoms. The molecule has 3 aliphatic heterocycles. The number of nitrogens with two attached hydrogens (primary N) is 1. The van der Waals surface area contributed by atoms with E-state index >= 15 is 0 Å². The van der Waals surface area contributed by atoms with E-state index in [2.05, 4.69) is 51.7 Å². The van der Waals surface area contributed by atoms with Crippen LogP contribution < -0.4 is 5.73 Å². The summed E-state index contributed by atoms with van der Waals surface area (Å²) < 4.78 is 31.9. The number of cyclic esters (lactones) is 1. The largest absolute Gasteiger partial charge is 0.458 e. The maximum Gasteiger partial charge on any atom is 0.317 e. The van der Waals surface area contributed by atoms with E-state index in [9.17, 15) is 19.2 Å². The Kier molecular flexibility index (Phi) is 17.8. The molecule has 3 saturated heterocycles. The highest BCUT2D eigenvalue weighted by atomic mass is 28.4. The van der Waals surface area contributed by atoms with E-state index in [4.69, 9.17) is 34.3 Å². The van der Waals surface area contributed by atoms with Gasteiger partial charge >= 0.3 is 11.9 Å². The molecule has 0 aliphatic carbocycles. The molecule has 3 aliphatic rings. The first-order valence-electron chi connectivity index (χ1n) is 22.5. The van der Waals surface area contributed by atoms with Gasteiger partial charge in [-0.25, -0.2) is 0 Å². The van der Waals surface area contributed by atoms with Crippen LogP contribution in [-0.2, 0) is 49.5 Å². The number of carbonyl (C=O) groups excluding carboxylic acids is 3. The van der Waals surface area contributed by atoms with Crippen molar-refractivity contribution in [1.29, 1.82) is 0 Å². The van der Waals surface area contributed by atoms with Gasteiger partial charge in [0, 0.05) is 43.9 Å². The molecule has 0 bridgehead atoms. The van der Waals surface area contributed by atoms with E-state index in [1.165, 1.54) is 0 Å². The maximum absolute atomic E-state index is 14.8. The van der Waals surface area contributed by atoms with Gasteiger partial charge in [-0.1, -0.05) is 90.9 Å². The molecule has 13 atom stereocenters. The third-order valence-corrected chi connectivity index (χ3v) is 18.7. The van der Waals surface area contributed by atoms with E-state index in [1.807, 2.05) is 51.1 Å². The van der Waals surface area contributed by atoms with Crippen LogP contribution in [0.1, 0.15) is 113 Å². The Morgan fingerprint density at radius 1 is 1.00 bits per heavy atom. The number of esters is 2. The summed E-state index contributed by atoms with van der Waals surface area (Å²) in [4.78, 5) is 61.9. The number of fused-ring (bicyclic) bond motifs is 1. The predicted molar refractivity (Wildman–Crippen MR) is 234 cm³/mol. The van der Waals surface area contributed by atoms with Gasteiger partial charge in [-0.3, -0.25) is 14.4 Å². The van der Waals surface area contributed by atoms with Gasteiger partial charge in [0.2, 0.25) is 0 Å². The first-order valence-corrected chi connectivity index (χ1v) is 24.9. The minimum atomic E-state index is -2.34. The highest BCUT2D eigenvalue weighted by Crippen LogP contribution is 2.48. The van der Waals surface area contributed by atoms with Crippen LogP contribution in [0.5, 0.6) is 0 Å². The summed E-state index contributed by atoms with van der Waals surface area (Å²) in [5.74, 6) is -4.98. The summed E-state index contributed by atoms with van der Waals surface area (Å²) >= 11 is 0. The molecule has 3 N–H and O–H groups in total. The number of nitrogens with zero attached hydrogens (tertiary/aromatic N) is 2. The Bertz CT molecular complexity index is 1600. The Balaban J connectivity index is 1.62. The van der Waals surface area contributed by atoms with Gasteiger partial charge < -0.3 is 44.0 Å². The molecule has 14 heteroatoms. The summed E-state index contributed by atoms with van der Waals surface area (Å²) in [5.41, 5.74) is 5.37. The molecule has 3 fully saturated rings. The van der Waals surface area contributed by atoms with Crippen LogP contribution in [-0.4, -0.2) is 105 Å². The molecule has 340 valence electrons. The zero-order valence-corrected chi connectivity index (χ0v) is 39.6. The van der Waals surface area contributed by atoms with Gasteiger partial charge in [0.25, 0.3) is 0 Å². The first-order chi connectivity index (χ1) is 28.3. The number of hydrogen-bond acceptors (Lipinski definition) is 12. The molecule has 0 saturated carbocycles. The number of methoxy groups -OCH3 is 1. The summed E-state index contributed by atoms with van der Waals surface area (Å²) in [6.07, 6.45) is 1.84. The second-order valence-corrected chi connectivity index (χ2v) is 23.4. The lowest BCUT2D eigenvalue weighted by Gasteiger charge is -2.43. The van der Waals surface area contributed by atoms with Crippen LogP contribution in [0, 0.1) is 35.5 Å². The van der Waals surface area contributed by atoms with E-state index in [0.29, 0.717) is 32.1 Å². The lowest BCUT2D eigenvalue weighted by molar-refractivity contribution is -0.229. The number of oxime groups is 1. The molecular weight excluding hydrogens is 783 g/mol. The highest BCUT2D eigenvalue weighted by Gasteiger charge is 2.62. The van der Waals surface area contributed by atoms with Gasteiger partial charge in [0.1, 0.15) is 24.4 Å². The molecule has 1 aromatic carbocycles. The first kappa shape index (κ1) is 49.8. The number of Topliss-reactive ketones (excluding diaryl/α,β-unsaturated/α-hetero) is 1. The fourth-order valence-electron chi connectivity index (χ4n) is 10.5. The van der Waals surface area contributed by atoms with Crippen LogP contribution in [0.4, 0.5) is 0 Å². The van der Waals surface area contributed by atoms with Crippen molar-refractivity contribution in [1.82, 2.24) is 4.90 Å². The topological polar surface area (TPSA) is 168 Å². The minimum Gasteiger partial charge on any atom is -0.458 e. The summed E-state index contributed by atoms with van der Waals surface area (Å²) in [5, 5.41) is 4.17. The molecule has 1 aromatic rings. The second-order valence-electron chi connectivity index (χ2n) is 18.8. The number of benzene rings is 1. The van der Waals surface area contributed by atoms with Crippen LogP contribution in [0.2, 0.25) is 17.6 Å². The van der Waals surface area contributed by atoms with Gasteiger partial charge in [-0.15, -0.1) is 0 Å². The Labute approximate surface area is 360 Å². The average Bonchev–Trinajstić information content (AvgIpc) is 3.50. The van der Waals surface area contributed by atoms with Crippen molar-refractivity contribution in [3.63, 3.8) is 0 Å². The number of ether oxygens (including phenoxy) is 5. The van der Waals surface area contributed by atoms with Crippen molar-refractivity contribution in [2.24, 2.45) is 46.4 Å². The third-order valence-electron chi connectivity index (χ3n) is 14.2. The van der Waals surface area contributed by atoms with E-state index in [1.54, 1.807) is 21.0 Å². The molecule has 0 amide bonds. The number of amidine groups is 1. The fourth-order valence-corrected chi connectivity index (χ4v) is 13.0. The van der Waals surface area contributed by atoms with Crippen molar-refractivity contribution < 1.29 is 47.7 Å². The lowest BCUT2D eigenvalue weighted by atomic mass is 9.67. The lowest BCUT2D eigenvalue weighted by Crippen LogP contribution is -2.53. The fraction of sp³-hybridized carbons (Fsp3) is 0.783. The molecular formula is C46H77N3O10Si. The molecule has 0 aromatic heterocycles. The van der Waals surface area contributed by atoms with Crippen LogP contribution in [0.25, 0.3) is 0 Å². The number of carbonyl (C=O) groups is 3. The molecule has 13 unspecified atom stereocenters. The zero-order valence-electron chi connectivity index (χ0n) is 38.6. The standard InChI is InChI=1S/C46H77N3O10Si/c1-13-37-45(10)40(39(44(52)59-45)42(47)48-56-27-35-19-17-16-18-20-35)34(9)41(50)31(6)25-46(54-12,24-29(4)21-30(5)43(51)58-37)28-55-38-23-36(22-32(7)57-38)49(11)26-33(8)60(53,14-2)15-3/h16-20,29-34,36-40,53H,13-15,21-28H2,1-12H3,(H2,47,48). The zero-order chi connectivity index (χ0) is 44.6. The van der Waals surface area contributed by atoms with E-state index in [-0.39, 0.29) is 48.4 Å². The molecule has 3 heterocycles. The Morgan fingerprint density at radius 2 is 1.67 bits per heavy atom. The van der Waals surface area contributed by atoms with Crippen LogP contribution in [0.15, 0.2) is 35.5 Å². The molecule has 13 nitrogen and oxygen atoms in total.